The van der Waals surface area contributed by atoms with Gasteiger partial charge in [-0.1, -0.05) is 12.1 Å². The monoisotopic (exact) mass is 411 g/mol. The van der Waals surface area contributed by atoms with Gasteiger partial charge in [0.1, 0.15) is 17.7 Å². The van der Waals surface area contributed by atoms with Gasteiger partial charge in [-0.15, -0.1) is 0 Å². The molecule has 3 rings (SSSR count). The molecular weight excluding hydrogens is 390 g/mol. The van der Waals surface area contributed by atoms with Crippen LogP contribution in [0, 0.1) is 22.7 Å². The van der Waals surface area contributed by atoms with Crippen molar-refractivity contribution in [2.75, 3.05) is 18.0 Å². The molecule has 0 aliphatic rings. The first-order valence-electron chi connectivity index (χ1n) is 9.61. The van der Waals surface area contributed by atoms with Crippen LogP contribution in [0.15, 0.2) is 81.2 Å². The van der Waals surface area contributed by atoms with Crippen LogP contribution in [0.4, 0.5) is 17.1 Å². The molecule has 1 heterocycles. The summed E-state index contributed by atoms with van der Waals surface area (Å²) >= 11 is 1.74. The summed E-state index contributed by atoms with van der Waals surface area (Å²) in [5, 5.41) is 30.5. The summed E-state index contributed by atoms with van der Waals surface area (Å²) in [7, 11) is 0. The van der Waals surface area contributed by atoms with E-state index in [1.54, 1.807) is 35.6 Å². The molecule has 0 radical (unpaired) electrons. The predicted octanol–water partition coefficient (Wildman–Crippen LogP) is 6.66. The minimum Gasteiger partial charge on any atom is -0.371 e. The molecule has 2 aromatic carbocycles. The van der Waals surface area contributed by atoms with Crippen LogP contribution < -0.4 is 4.90 Å². The van der Waals surface area contributed by atoms with Crippen LogP contribution in [0.2, 0.25) is 0 Å². The van der Waals surface area contributed by atoms with Gasteiger partial charge in [-0.3, -0.25) is 0 Å². The standard InChI is InChI=1S/C24H21N5S/c1-2-29(13-11-20-12-14-30-18-20)24-9-7-23(8-10-24)28-27-22-5-3-19(4-6-22)15-21(16-25)17-26/h3-10,12,14-15,18H,2,11,13H2,1H3. The Morgan fingerprint density at radius 2 is 1.60 bits per heavy atom. The van der Waals surface area contributed by atoms with Crippen molar-refractivity contribution in [3.63, 3.8) is 0 Å². The van der Waals surface area contributed by atoms with Crippen LogP contribution in [0.25, 0.3) is 6.08 Å². The lowest BCUT2D eigenvalue weighted by atomic mass is 10.1. The summed E-state index contributed by atoms with van der Waals surface area (Å²) in [5.74, 6) is 0. The molecule has 0 atom stereocenters. The van der Waals surface area contributed by atoms with Gasteiger partial charge in [0.05, 0.1) is 11.4 Å². The Hall–Kier alpha value is -3.74. The van der Waals surface area contributed by atoms with Gasteiger partial charge in [0, 0.05) is 18.8 Å². The van der Waals surface area contributed by atoms with Gasteiger partial charge >= 0.3 is 0 Å². The average molecular weight is 412 g/mol. The molecule has 0 saturated heterocycles. The number of likely N-dealkylation sites (N-methyl/N-ethyl adjacent to an activating group) is 1. The normalized spacial score (nSPS) is 10.4. The first kappa shape index (κ1) is 21.0. The molecule has 0 saturated carbocycles. The van der Waals surface area contributed by atoms with E-state index < -0.39 is 0 Å². The Kier molecular flexibility index (Phi) is 7.49. The smallest absolute Gasteiger partial charge is 0.130 e. The third kappa shape index (κ3) is 5.88. The molecule has 0 aliphatic carbocycles. The van der Waals surface area contributed by atoms with Gasteiger partial charge in [0.15, 0.2) is 0 Å². The fourth-order valence-electron chi connectivity index (χ4n) is 2.91. The van der Waals surface area contributed by atoms with Gasteiger partial charge < -0.3 is 4.90 Å². The Bertz CT molecular complexity index is 1070. The van der Waals surface area contributed by atoms with E-state index in [0.717, 1.165) is 30.8 Å². The van der Waals surface area contributed by atoms with E-state index in [0.29, 0.717) is 5.69 Å². The highest BCUT2D eigenvalue weighted by atomic mass is 32.1. The van der Waals surface area contributed by atoms with E-state index in [4.69, 9.17) is 10.5 Å². The van der Waals surface area contributed by atoms with Crippen LogP contribution in [0.5, 0.6) is 0 Å². The summed E-state index contributed by atoms with van der Waals surface area (Å²) in [5.41, 5.74) is 4.89. The molecule has 0 fully saturated rings. The van der Waals surface area contributed by atoms with Crippen molar-refractivity contribution in [2.24, 2.45) is 10.2 Å². The van der Waals surface area contributed by atoms with Gasteiger partial charge in [0.25, 0.3) is 0 Å². The fourth-order valence-corrected chi connectivity index (χ4v) is 3.61. The molecule has 5 nitrogen and oxygen atoms in total. The van der Waals surface area contributed by atoms with E-state index >= 15 is 0 Å². The maximum Gasteiger partial charge on any atom is 0.130 e. The molecule has 0 aliphatic heterocycles. The second kappa shape index (κ2) is 10.7. The van der Waals surface area contributed by atoms with Crippen molar-refractivity contribution in [1.82, 2.24) is 0 Å². The first-order valence-corrected chi connectivity index (χ1v) is 10.6. The lowest BCUT2D eigenvalue weighted by Gasteiger charge is -2.23. The molecular formula is C24H21N5S. The van der Waals surface area contributed by atoms with Crippen molar-refractivity contribution >= 4 is 34.5 Å². The Labute approximate surface area is 180 Å². The Balaban J connectivity index is 1.62. The number of nitrogens with zero attached hydrogens (tertiary/aromatic N) is 5. The largest absolute Gasteiger partial charge is 0.371 e. The van der Waals surface area contributed by atoms with Crippen LogP contribution in [-0.2, 0) is 6.42 Å². The number of azo groups is 1. The molecule has 3 aromatic rings. The first-order chi connectivity index (χ1) is 14.7. The highest BCUT2D eigenvalue weighted by molar-refractivity contribution is 7.07. The highest BCUT2D eigenvalue weighted by Crippen LogP contribution is 2.23. The van der Waals surface area contributed by atoms with Gasteiger partial charge in [-0.25, -0.2) is 0 Å². The number of anilines is 1. The second-order valence-electron chi connectivity index (χ2n) is 6.55. The predicted molar refractivity (Wildman–Crippen MR) is 122 cm³/mol. The maximum atomic E-state index is 8.82. The number of nitriles is 2. The molecule has 0 amide bonds. The SMILES string of the molecule is CCN(CCc1ccsc1)c1ccc(N=Nc2ccc(C=C(C#N)C#N)cc2)cc1. The van der Waals surface area contributed by atoms with Gasteiger partial charge in [0.2, 0.25) is 0 Å². The van der Waals surface area contributed by atoms with Crippen molar-refractivity contribution in [3.05, 3.63) is 82.1 Å². The zero-order chi connectivity index (χ0) is 21.2. The summed E-state index contributed by atoms with van der Waals surface area (Å²) in [6.45, 7) is 4.09. The van der Waals surface area contributed by atoms with Gasteiger partial charge in [-0.2, -0.15) is 32.1 Å². The molecule has 6 heteroatoms. The summed E-state index contributed by atoms with van der Waals surface area (Å²) in [6, 6.07) is 21.2. The summed E-state index contributed by atoms with van der Waals surface area (Å²) in [4.78, 5) is 2.35. The number of rotatable bonds is 8. The Morgan fingerprint density at radius 1 is 0.967 bits per heavy atom. The van der Waals surface area contributed by atoms with Gasteiger partial charge in [-0.05, 0) is 83.8 Å². The third-order valence-corrected chi connectivity index (χ3v) is 5.31. The van der Waals surface area contributed by atoms with E-state index in [1.807, 2.05) is 24.3 Å². The second-order valence-corrected chi connectivity index (χ2v) is 7.33. The number of hydrogen-bond acceptors (Lipinski definition) is 6. The number of benzene rings is 2. The highest BCUT2D eigenvalue weighted by Gasteiger charge is 2.05. The van der Waals surface area contributed by atoms with Crippen molar-refractivity contribution in [2.45, 2.75) is 13.3 Å². The van der Waals surface area contributed by atoms with Crippen LogP contribution in [0.1, 0.15) is 18.1 Å². The molecule has 30 heavy (non-hydrogen) atoms. The minimum atomic E-state index is 0.0703. The molecule has 0 spiro atoms. The van der Waals surface area contributed by atoms with E-state index in [9.17, 15) is 0 Å². The zero-order valence-corrected chi connectivity index (χ0v) is 17.5. The third-order valence-electron chi connectivity index (χ3n) is 4.57. The Morgan fingerprint density at radius 3 is 2.13 bits per heavy atom. The van der Waals surface area contributed by atoms with Crippen molar-refractivity contribution in [1.29, 1.82) is 10.5 Å². The summed E-state index contributed by atoms with van der Waals surface area (Å²) < 4.78 is 0. The van der Waals surface area contributed by atoms with E-state index in [1.165, 1.54) is 17.3 Å². The number of thiophene rings is 1. The number of hydrogen-bond donors (Lipinski definition) is 0. The van der Waals surface area contributed by atoms with E-state index in [2.05, 4.69) is 51.0 Å². The quantitative estimate of drug-likeness (QED) is 0.307. The summed E-state index contributed by atoms with van der Waals surface area (Å²) in [6.07, 6.45) is 2.58. The fraction of sp³-hybridized carbons (Fsp3) is 0.167. The average Bonchev–Trinajstić information content (AvgIpc) is 3.32. The topological polar surface area (TPSA) is 75.5 Å². The lowest BCUT2D eigenvalue weighted by Crippen LogP contribution is -2.25. The van der Waals surface area contributed by atoms with Crippen molar-refractivity contribution in [3.8, 4) is 12.1 Å². The molecule has 0 N–H and O–H groups in total. The van der Waals surface area contributed by atoms with Crippen LogP contribution in [0.3, 0.4) is 0 Å². The van der Waals surface area contributed by atoms with Crippen LogP contribution in [-0.4, -0.2) is 13.1 Å². The molecule has 1 aromatic heterocycles. The zero-order valence-electron chi connectivity index (χ0n) is 16.7. The maximum absolute atomic E-state index is 8.82. The van der Waals surface area contributed by atoms with Crippen molar-refractivity contribution < 1.29 is 0 Å². The minimum absolute atomic E-state index is 0.0703. The molecule has 0 unspecified atom stereocenters. The lowest BCUT2D eigenvalue weighted by molar-refractivity contribution is 0.810. The van der Waals surface area contributed by atoms with Crippen LogP contribution >= 0.6 is 11.3 Å². The van der Waals surface area contributed by atoms with E-state index in [-0.39, 0.29) is 5.57 Å². The molecule has 0 bridgehead atoms. The molecule has 148 valence electrons. The number of allylic oxidation sites excluding steroid dienone is 1.